The van der Waals surface area contributed by atoms with Crippen molar-refractivity contribution in [3.63, 3.8) is 0 Å². The summed E-state index contributed by atoms with van der Waals surface area (Å²) in [4.78, 5) is 3.79. The highest BCUT2D eigenvalue weighted by Gasteiger charge is 2.12. The van der Waals surface area contributed by atoms with E-state index >= 15 is 0 Å². The average Bonchev–Trinajstić information content (AvgIpc) is 2.19. The van der Waals surface area contributed by atoms with Crippen molar-refractivity contribution in [3.8, 4) is 0 Å². The van der Waals surface area contributed by atoms with Crippen molar-refractivity contribution in [2.24, 2.45) is 0 Å². The SMILES string of the molecule is Fc1cncc(NC2CCCNC2)c1. The van der Waals surface area contributed by atoms with Crippen LogP contribution >= 0.6 is 0 Å². The van der Waals surface area contributed by atoms with Gasteiger partial charge in [-0.05, 0) is 19.4 Å². The van der Waals surface area contributed by atoms with Crippen molar-refractivity contribution in [2.45, 2.75) is 18.9 Å². The number of halogens is 1. The standard InChI is InChI=1S/C10H14FN3/c11-8-4-10(7-13-5-8)14-9-2-1-3-12-6-9/h4-5,7,9,12,14H,1-3,6H2. The molecule has 0 aliphatic carbocycles. The summed E-state index contributed by atoms with van der Waals surface area (Å²) in [6.07, 6.45) is 5.16. The summed E-state index contributed by atoms with van der Waals surface area (Å²) in [7, 11) is 0. The van der Waals surface area contributed by atoms with Crippen LogP contribution in [-0.4, -0.2) is 24.1 Å². The predicted octanol–water partition coefficient (Wildman–Crippen LogP) is 1.38. The molecular formula is C10H14FN3. The van der Waals surface area contributed by atoms with Gasteiger partial charge in [0.15, 0.2) is 0 Å². The van der Waals surface area contributed by atoms with Crippen molar-refractivity contribution < 1.29 is 4.39 Å². The van der Waals surface area contributed by atoms with E-state index in [0.717, 1.165) is 25.2 Å². The molecule has 76 valence electrons. The van der Waals surface area contributed by atoms with Gasteiger partial charge >= 0.3 is 0 Å². The molecule has 1 aromatic rings. The number of nitrogens with one attached hydrogen (secondary N) is 2. The van der Waals surface area contributed by atoms with Crippen LogP contribution in [0.1, 0.15) is 12.8 Å². The molecule has 1 atom stereocenters. The summed E-state index contributed by atoms with van der Waals surface area (Å²) < 4.78 is 12.8. The Balaban J connectivity index is 1.95. The maximum Gasteiger partial charge on any atom is 0.143 e. The number of hydrogen-bond acceptors (Lipinski definition) is 3. The molecule has 0 spiro atoms. The van der Waals surface area contributed by atoms with E-state index in [1.807, 2.05) is 0 Å². The summed E-state index contributed by atoms with van der Waals surface area (Å²) in [5, 5.41) is 6.55. The predicted molar refractivity (Wildman–Crippen MR) is 53.7 cm³/mol. The van der Waals surface area contributed by atoms with Crippen LogP contribution in [0, 0.1) is 5.82 Å². The minimum atomic E-state index is -0.293. The molecule has 14 heavy (non-hydrogen) atoms. The fraction of sp³-hybridized carbons (Fsp3) is 0.500. The molecule has 0 saturated carbocycles. The Kier molecular flexibility index (Phi) is 2.93. The summed E-state index contributed by atoms with van der Waals surface area (Å²) >= 11 is 0. The van der Waals surface area contributed by atoms with Gasteiger partial charge in [0.1, 0.15) is 5.82 Å². The minimum absolute atomic E-state index is 0.293. The molecule has 0 radical (unpaired) electrons. The Hall–Kier alpha value is -1.16. The fourth-order valence-corrected chi connectivity index (χ4v) is 1.70. The highest BCUT2D eigenvalue weighted by atomic mass is 19.1. The first kappa shape index (κ1) is 9.40. The Morgan fingerprint density at radius 3 is 3.14 bits per heavy atom. The van der Waals surface area contributed by atoms with E-state index in [4.69, 9.17) is 0 Å². The summed E-state index contributed by atoms with van der Waals surface area (Å²) in [5.74, 6) is -0.293. The van der Waals surface area contributed by atoms with Gasteiger partial charge in [0.05, 0.1) is 18.1 Å². The first-order chi connectivity index (χ1) is 6.84. The maximum absolute atomic E-state index is 12.8. The fourth-order valence-electron chi connectivity index (χ4n) is 1.70. The molecule has 0 amide bonds. The summed E-state index contributed by atoms with van der Waals surface area (Å²) in [5.41, 5.74) is 0.763. The zero-order chi connectivity index (χ0) is 9.80. The van der Waals surface area contributed by atoms with E-state index in [9.17, 15) is 4.39 Å². The smallest absolute Gasteiger partial charge is 0.143 e. The van der Waals surface area contributed by atoms with Crippen LogP contribution in [0.5, 0.6) is 0 Å². The molecule has 2 heterocycles. The number of nitrogens with zero attached hydrogens (tertiary/aromatic N) is 1. The zero-order valence-corrected chi connectivity index (χ0v) is 7.96. The molecule has 2 rings (SSSR count). The Bertz CT molecular complexity index is 297. The first-order valence-corrected chi connectivity index (χ1v) is 4.92. The lowest BCUT2D eigenvalue weighted by Gasteiger charge is -2.24. The maximum atomic E-state index is 12.8. The molecule has 1 fully saturated rings. The van der Waals surface area contributed by atoms with Gasteiger partial charge in [-0.25, -0.2) is 4.39 Å². The Labute approximate surface area is 82.7 Å². The molecule has 3 nitrogen and oxygen atoms in total. The van der Waals surface area contributed by atoms with Crippen LogP contribution in [0.15, 0.2) is 18.5 Å². The van der Waals surface area contributed by atoms with E-state index in [-0.39, 0.29) is 5.82 Å². The molecule has 4 heteroatoms. The molecule has 1 saturated heterocycles. The van der Waals surface area contributed by atoms with E-state index in [1.165, 1.54) is 18.7 Å². The molecular weight excluding hydrogens is 181 g/mol. The second kappa shape index (κ2) is 4.37. The third kappa shape index (κ3) is 2.42. The van der Waals surface area contributed by atoms with Crippen LogP contribution in [0.2, 0.25) is 0 Å². The van der Waals surface area contributed by atoms with Crippen molar-refractivity contribution in [3.05, 3.63) is 24.3 Å². The van der Waals surface area contributed by atoms with E-state index < -0.39 is 0 Å². The van der Waals surface area contributed by atoms with Crippen LogP contribution in [0.4, 0.5) is 10.1 Å². The first-order valence-electron chi connectivity index (χ1n) is 4.92. The van der Waals surface area contributed by atoms with E-state index in [1.54, 1.807) is 6.20 Å². The van der Waals surface area contributed by atoms with Crippen molar-refractivity contribution in [1.82, 2.24) is 10.3 Å². The molecule has 2 N–H and O–H groups in total. The van der Waals surface area contributed by atoms with Gasteiger partial charge in [0.25, 0.3) is 0 Å². The molecule has 0 bridgehead atoms. The van der Waals surface area contributed by atoms with Gasteiger partial charge in [0.2, 0.25) is 0 Å². The molecule has 1 aromatic heterocycles. The second-order valence-electron chi connectivity index (χ2n) is 3.58. The van der Waals surface area contributed by atoms with Gasteiger partial charge in [-0.3, -0.25) is 4.98 Å². The van der Waals surface area contributed by atoms with Gasteiger partial charge in [-0.15, -0.1) is 0 Å². The highest BCUT2D eigenvalue weighted by molar-refractivity contribution is 5.41. The quantitative estimate of drug-likeness (QED) is 0.748. The minimum Gasteiger partial charge on any atom is -0.380 e. The summed E-state index contributed by atoms with van der Waals surface area (Å²) in [6.45, 7) is 2.02. The van der Waals surface area contributed by atoms with Crippen LogP contribution in [0.25, 0.3) is 0 Å². The Morgan fingerprint density at radius 1 is 1.50 bits per heavy atom. The van der Waals surface area contributed by atoms with Gasteiger partial charge in [-0.2, -0.15) is 0 Å². The third-order valence-electron chi connectivity index (χ3n) is 2.37. The topological polar surface area (TPSA) is 37.0 Å². The van der Waals surface area contributed by atoms with Crippen molar-refractivity contribution in [1.29, 1.82) is 0 Å². The normalized spacial score (nSPS) is 21.9. The van der Waals surface area contributed by atoms with Gasteiger partial charge < -0.3 is 10.6 Å². The number of pyridine rings is 1. The number of piperidine rings is 1. The Morgan fingerprint density at radius 2 is 2.43 bits per heavy atom. The van der Waals surface area contributed by atoms with Crippen LogP contribution in [-0.2, 0) is 0 Å². The highest BCUT2D eigenvalue weighted by Crippen LogP contribution is 2.12. The van der Waals surface area contributed by atoms with Crippen molar-refractivity contribution >= 4 is 5.69 Å². The number of aromatic nitrogens is 1. The number of anilines is 1. The lowest BCUT2D eigenvalue weighted by atomic mass is 10.1. The number of rotatable bonds is 2. The van der Waals surface area contributed by atoms with Gasteiger partial charge in [0, 0.05) is 18.7 Å². The van der Waals surface area contributed by atoms with E-state index in [2.05, 4.69) is 15.6 Å². The van der Waals surface area contributed by atoms with Crippen molar-refractivity contribution in [2.75, 3.05) is 18.4 Å². The van der Waals surface area contributed by atoms with Crippen LogP contribution < -0.4 is 10.6 Å². The third-order valence-corrected chi connectivity index (χ3v) is 2.37. The van der Waals surface area contributed by atoms with E-state index in [0.29, 0.717) is 6.04 Å². The molecule has 1 unspecified atom stereocenters. The lowest BCUT2D eigenvalue weighted by Crippen LogP contribution is -2.38. The van der Waals surface area contributed by atoms with Crippen LogP contribution in [0.3, 0.4) is 0 Å². The molecule has 0 aromatic carbocycles. The molecule has 1 aliphatic rings. The average molecular weight is 195 g/mol. The second-order valence-corrected chi connectivity index (χ2v) is 3.58. The monoisotopic (exact) mass is 195 g/mol. The number of hydrogen-bond donors (Lipinski definition) is 2. The summed E-state index contributed by atoms with van der Waals surface area (Å²) in [6, 6.07) is 1.87. The zero-order valence-electron chi connectivity index (χ0n) is 7.96. The van der Waals surface area contributed by atoms with Gasteiger partial charge in [-0.1, -0.05) is 0 Å². The molecule has 1 aliphatic heterocycles. The lowest BCUT2D eigenvalue weighted by molar-refractivity contribution is 0.479. The largest absolute Gasteiger partial charge is 0.380 e.